The summed E-state index contributed by atoms with van der Waals surface area (Å²) in [6.45, 7) is 13.0. The van der Waals surface area contributed by atoms with Crippen molar-refractivity contribution in [3.05, 3.63) is 35.9 Å². The second-order valence-electron chi connectivity index (χ2n) is 9.51. The third-order valence-corrected chi connectivity index (χ3v) is 3.96. The van der Waals surface area contributed by atoms with E-state index in [1.165, 1.54) is 7.11 Å². The van der Waals surface area contributed by atoms with Gasteiger partial charge < -0.3 is 35.1 Å². The fourth-order valence-electron chi connectivity index (χ4n) is 2.46. The summed E-state index contributed by atoms with van der Waals surface area (Å²) in [5.74, 6) is -1.62. The summed E-state index contributed by atoms with van der Waals surface area (Å²) in [7, 11) is 1.30. The summed E-state index contributed by atoms with van der Waals surface area (Å²) < 4.78 is 20.3. The first-order chi connectivity index (χ1) is 15.6. The number of carbonyl (C=O) groups excluding carboxylic acids is 2. The highest BCUT2D eigenvalue weighted by Gasteiger charge is 2.30. The van der Waals surface area contributed by atoms with E-state index in [4.69, 9.17) is 19.9 Å². The van der Waals surface area contributed by atoms with Gasteiger partial charge in [-0.2, -0.15) is 0 Å². The van der Waals surface area contributed by atoms with Crippen molar-refractivity contribution in [2.24, 2.45) is 5.73 Å². The normalized spacial score (nSPS) is 14.0. The fourth-order valence-corrected chi connectivity index (χ4v) is 2.46. The highest BCUT2D eigenvalue weighted by molar-refractivity contribution is 5.80. The maximum Gasteiger partial charge on any atom is 0.408 e. The van der Waals surface area contributed by atoms with E-state index >= 15 is 0 Å². The highest BCUT2D eigenvalue weighted by atomic mass is 16.6. The smallest absolute Gasteiger partial charge is 0.408 e. The maximum atomic E-state index is 11.7. The molecule has 0 heterocycles. The zero-order valence-corrected chi connectivity index (χ0v) is 21.4. The number of hydrogen-bond donors (Lipinski definition) is 3. The summed E-state index contributed by atoms with van der Waals surface area (Å²) in [6.07, 6.45) is -1.48. The van der Waals surface area contributed by atoms with Crippen molar-refractivity contribution in [1.82, 2.24) is 5.32 Å². The number of aliphatic carboxylic acids is 1. The van der Waals surface area contributed by atoms with Gasteiger partial charge >= 0.3 is 18.0 Å². The number of carbonyl (C=O) groups is 3. The van der Waals surface area contributed by atoms with Crippen LogP contribution < -0.4 is 11.1 Å². The van der Waals surface area contributed by atoms with E-state index in [1.54, 1.807) is 6.92 Å². The molecule has 10 nitrogen and oxygen atoms in total. The SMILES string of the molecule is CC(OC(C)(C)C)[C@H](NC(=O)OCc1ccccc1)C(=O)O.COC(=O)[C@@H](N)COC(C)(C)C. The number of carboxylic acids is 1. The van der Waals surface area contributed by atoms with Crippen molar-refractivity contribution in [3.63, 3.8) is 0 Å². The van der Waals surface area contributed by atoms with Crippen LogP contribution in [0.5, 0.6) is 0 Å². The molecule has 0 aromatic heterocycles. The van der Waals surface area contributed by atoms with E-state index in [0.717, 1.165) is 5.56 Å². The molecule has 0 aliphatic rings. The number of carboxylic acid groups (broad SMARTS) is 1. The molecule has 0 aliphatic heterocycles. The zero-order valence-electron chi connectivity index (χ0n) is 21.4. The minimum Gasteiger partial charge on any atom is -0.480 e. The molecule has 0 fully saturated rings. The van der Waals surface area contributed by atoms with Crippen LogP contribution in [0.15, 0.2) is 30.3 Å². The van der Waals surface area contributed by atoms with Gasteiger partial charge in [0, 0.05) is 0 Å². The Morgan fingerprint density at radius 2 is 1.59 bits per heavy atom. The molecule has 10 heteroatoms. The standard InChI is InChI=1S/C16H23NO5.C8H17NO3/c1-11(22-16(2,3)4)13(14(18)19)17-15(20)21-10-12-8-6-5-7-9-12;1-8(2,3)12-5-6(9)7(10)11-4/h5-9,11,13H,10H2,1-4H3,(H,17,20)(H,18,19);6H,5,9H2,1-4H3/t11?,13-;6-/m00/s1. The minimum atomic E-state index is -1.18. The van der Waals surface area contributed by atoms with Gasteiger partial charge in [-0.25, -0.2) is 9.59 Å². The van der Waals surface area contributed by atoms with E-state index in [0.29, 0.717) is 0 Å². The van der Waals surface area contributed by atoms with Gasteiger partial charge in [-0.1, -0.05) is 30.3 Å². The predicted molar refractivity (Wildman–Crippen MR) is 127 cm³/mol. The highest BCUT2D eigenvalue weighted by Crippen LogP contribution is 2.13. The summed E-state index contributed by atoms with van der Waals surface area (Å²) in [6, 6.07) is 7.28. The lowest BCUT2D eigenvalue weighted by atomic mass is 10.1. The molecule has 0 aliphatic carbocycles. The van der Waals surface area contributed by atoms with Crippen LogP contribution in [0.3, 0.4) is 0 Å². The first-order valence-corrected chi connectivity index (χ1v) is 10.9. The number of hydrogen-bond acceptors (Lipinski definition) is 8. The van der Waals surface area contributed by atoms with Crippen LogP contribution in [0.2, 0.25) is 0 Å². The Kier molecular flexibility index (Phi) is 13.4. The number of esters is 1. The van der Waals surface area contributed by atoms with Gasteiger partial charge in [-0.05, 0) is 54.0 Å². The average molecular weight is 485 g/mol. The lowest BCUT2D eigenvalue weighted by molar-refractivity contribution is -0.147. The number of nitrogens with two attached hydrogens (primary N) is 1. The Labute approximate surface area is 202 Å². The van der Waals surface area contributed by atoms with Gasteiger partial charge in [-0.3, -0.25) is 4.79 Å². The number of rotatable bonds is 9. The van der Waals surface area contributed by atoms with Gasteiger partial charge in [0.2, 0.25) is 0 Å². The summed E-state index contributed by atoms with van der Waals surface area (Å²) in [4.78, 5) is 33.8. The molecular formula is C24H40N2O8. The van der Waals surface area contributed by atoms with Gasteiger partial charge in [0.25, 0.3) is 0 Å². The Hall–Kier alpha value is -2.69. The monoisotopic (exact) mass is 484 g/mol. The molecule has 0 saturated carbocycles. The second-order valence-corrected chi connectivity index (χ2v) is 9.51. The maximum absolute atomic E-state index is 11.7. The largest absolute Gasteiger partial charge is 0.480 e. The van der Waals surface area contributed by atoms with E-state index in [1.807, 2.05) is 71.9 Å². The molecule has 34 heavy (non-hydrogen) atoms. The van der Waals surface area contributed by atoms with E-state index in [2.05, 4.69) is 10.1 Å². The van der Waals surface area contributed by atoms with Crippen molar-refractivity contribution >= 4 is 18.0 Å². The lowest BCUT2D eigenvalue weighted by Crippen LogP contribution is -2.50. The minimum absolute atomic E-state index is 0.0769. The molecule has 194 valence electrons. The number of amides is 1. The number of ether oxygens (including phenoxy) is 4. The van der Waals surface area contributed by atoms with Crippen molar-refractivity contribution in [2.75, 3.05) is 13.7 Å². The molecule has 1 aromatic rings. The van der Waals surface area contributed by atoms with Crippen molar-refractivity contribution in [3.8, 4) is 0 Å². The molecule has 0 spiro atoms. The van der Waals surface area contributed by atoms with Crippen LogP contribution in [-0.2, 0) is 35.1 Å². The molecule has 3 atom stereocenters. The lowest BCUT2D eigenvalue weighted by Gasteiger charge is -2.29. The van der Waals surface area contributed by atoms with Crippen LogP contribution >= 0.6 is 0 Å². The average Bonchev–Trinajstić information content (AvgIpc) is 2.72. The van der Waals surface area contributed by atoms with Crippen LogP contribution in [-0.4, -0.2) is 66.2 Å². The van der Waals surface area contributed by atoms with Gasteiger partial charge in [0.05, 0.1) is 31.0 Å². The third kappa shape index (κ3) is 15.2. The first-order valence-electron chi connectivity index (χ1n) is 10.9. The molecular weight excluding hydrogens is 444 g/mol. The number of alkyl carbamates (subject to hydrolysis) is 1. The van der Waals surface area contributed by atoms with Crippen LogP contribution in [0, 0.1) is 0 Å². The van der Waals surface area contributed by atoms with Crippen molar-refractivity contribution in [1.29, 1.82) is 0 Å². The Morgan fingerprint density at radius 1 is 1.03 bits per heavy atom. The number of nitrogens with one attached hydrogen (secondary N) is 1. The summed E-state index contributed by atoms with van der Waals surface area (Å²) in [5.41, 5.74) is 5.47. The number of benzene rings is 1. The molecule has 0 radical (unpaired) electrons. The molecule has 1 amide bonds. The summed E-state index contributed by atoms with van der Waals surface area (Å²) >= 11 is 0. The predicted octanol–water partition coefficient (Wildman–Crippen LogP) is 2.87. The van der Waals surface area contributed by atoms with Crippen LogP contribution in [0.1, 0.15) is 54.0 Å². The molecule has 1 rings (SSSR count). The van der Waals surface area contributed by atoms with Gasteiger partial charge in [0.15, 0.2) is 6.04 Å². The topological polar surface area (TPSA) is 146 Å². The molecule has 4 N–H and O–H groups in total. The molecule has 0 bridgehead atoms. The second kappa shape index (κ2) is 14.5. The molecule has 1 unspecified atom stereocenters. The van der Waals surface area contributed by atoms with Crippen LogP contribution in [0.4, 0.5) is 4.79 Å². The Bertz CT molecular complexity index is 756. The number of methoxy groups -OCH3 is 1. The van der Waals surface area contributed by atoms with Crippen LogP contribution in [0.25, 0.3) is 0 Å². The van der Waals surface area contributed by atoms with Gasteiger partial charge in [0.1, 0.15) is 12.6 Å². The van der Waals surface area contributed by atoms with E-state index in [-0.39, 0.29) is 18.8 Å². The van der Waals surface area contributed by atoms with Gasteiger partial charge in [-0.15, -0.1) is 0 Å². The Morgan fingerprint density at radius 3 is 2.03 bits per heavy atom. The summed E-state index contributed by atoms with van der Waals surface area (Å²) in [5, 5.41) is 11.5. The third-order valence-electron chi connectivity index (χ3n) is 3.96. The first kappa shape index (κ1) is 31.3. The van der Waals surface area contributed by atoms with Crippen molar-refractivity contribution in [2.45, 2.75) is 84.5 Å². The van der Waals surface area contributed by atoms with Crippen molar-refractivity contribution < 1.29 is 38.4 Å². The fraction of sp³-hybridized carbons (Fsp3) is 0.625. The molecule has 0 saturated heterocycles. The van der Waals surface area contributed by atoms with E-state index in [9.17, 15) is 19.5 Å². The zero-order chi connectivity index (χ0) is 26.5. The molecule has 1 aromatic carbocycles. The quantitative estimate of drug-likeness (QED) is 0.450. The Balaban J connectivity index is 0.000000770. The van der Waals surface area contributed by atoms with E-state index < -0.39 is 41.8 Å².